The second kappa shape index (κ2) is 33.7. The highest BCUT2D eigenvalue weighted by Gasteiger charge is 2.30. The number of fused-ring (bicyclic) bond motifs is 1. The van der Waals surface area contributed by atoms with Crippen LogP contribution in [0.1, 0.15) is 142 Å². The monoisotopic (exact) mass is 1160 g/mol. The molecule has 0 spiro atoms. The van der Waals surface area contributed by atoms with E-state index in [0.717, 1.165) is 111 Å². The molecule has 8 rings (SSSR count). The molecule has 0 radical (unpaired) electrons. The Bertz CT molecular complexity index is 2840. The topological polar surface area (TPSA) is 278 Å². The number of benzene rings is 3. The number of amides is 4. The second-order valence-electron chi connectivity index (χ2n) is 21.7. The third kappa shape index (κ3) is 26.1. The van der Waals surface area contributed by atoms with Gasteiger partial charge in [-0.05, 0) is 151 Å². The summed E-state index contributed by atoms with van der Waals surface area (Å²) in [7, 11) is 2.51. The number of aromatic nitrogens is 3. The molecular weight excluding hydrogens is 1070 g/mol. The van der Waals surface area contributed by atoms with Gasteiger partial charge in [0.2, 0.25) is 17.1 Å². The molecular formula is C60H84ClN9O12. The van der Waals surface area contributed by atoms with Crippen LogP contribution >= 0.6 is 11.6 Å². The van der Waals surface area contributed by atoms with Crippen LogP contribution in [0.3, 0.4) is 0 Å². The number of hydrogen-bond acceptors (Lipinski definition) is 15. The van der Waals surface area contributed by atoms with Gasteiger partial charge in [0.25, 0.3) is 5.97 Å². The third-order valence-electron chi connectivity index (χ3n) is 12.3. The average Bonchev–Trinajstić information content (AvgIpc) is 4.04. The first kappa shape index (κ1) is 68.3. The molecule has 0 aliphatic carbocycles. The molecule has 0 bridgehead atoms. The lowest BCUT2D eigenvalue weighted by atomic mass is 9.90. The molecule has 82 heavy (non-hydrogen) atoms. The van der Waals surface area contributed by atoms with Gasteiger partial charge in [-0.1, -0.05) is 36.4 Å². The number of ether oxygens (including phenoxy) is 4. The number of carbonyl (C=O) groups excluding carboxylic acids is 6. The van der Waals surface area contributed by atoms with Crippen molar-refractivity contribution in [3.05, 3.63) is 108 Å². The first-order valence-electron chi connectivity index (χ1n) is 27.1. The number of carbonyl (C=O) groups is 7. The fourth-order valence-electron chi connectivity index (χ4n) is 9.08. The number of piperidine rings is 3. The number of aliphatic carboxylic acids is 1. The molecule has 3 aromatic carbocycles. The van der Waals surface area contributed by atoms with Gasteiger partial charge < -0.3 is 60.1 Å². The van der Waals surface area contributed by atoms with E-state index in [1.54, 1.807) is 11.2 Å². The van der Waals surface area contributed by atoms with Gasteiger partial charge in [-0.2, -0.15) is 0 Å². The number of nitrogen functional groups attached to an aromatic ring is 1. The average molecular weight is 1160 g/mol. The van der Waals surface area contributed by atoms with Gasteiger partial charge in [0.15, 0.2) is 0 Å². The molecule has 4 amide bonds. The minimum atomic E-state index is -0.833. The van der Waals surface area contributed by atoms with Crippen molar-refractivity contribution in [2.75, 3.05) is 74.8 Å². The van der Waals surface area contributed by atoms with Crippen LogP contribution < -0.4 is 21.3 Å². The summed E-state index contributed by atoms with van der Waals surface area (Å²) < 4.78 is 19.0. The quantitative estimate of drug-likeness (QED) is 0.0457. The van der Waals surface area contributed by atoms with Crippen molar-refractivity contribution in [3.63, 3.8) is 0 Å². The van der Waals surface area contributed by atoms with Crippen LogP contribution in [0.15, 0.2) is 91.4 Å². The van der Waals surface area contributed by atoms with Gasteiger partial charge in [-0.25, -0.2) is 24.4 Å². The predicted octanol–water partition coefficient (Wildman–Crippen LogP) is 11.7. The van der Waals surface area contributed by atoms with E-state index in [0.29, 0.717) is 24.9 Å². The summed E-state index contributed by atoms with van der Waals surface area (Å²) in [6, 6.07) is 26.0. The Morgan fingerprint density at radius 1 is 0.634 bits per heavy atom. The molecule has 5 heterocycles. The van der Waals surface area contributed by atoms with E-state index in [1.807, 2.05) is 107 Å². The van der Waals surface area contributed by atoms with Crippen molar-refractivity contribution in [1.29, 1.82) is 0 Å². The number of nitrogens with one attached hydrogen (secondary N) is 3. The summed E-state index contributed by atoms with van der Waals surface area (Å²) in [4.78, 5) is 92.7. The number of rotatable bonds is 6. The maximum absolute atomic E-state index is 12.2. The van der Waals surface area contributed by atoms with Crippen LogP contribution in [0.5, 0.6) is 0 Å². The maximum atomic E-state index is 12.2. The van der Waals surface area contributed by atoms with Crippen LogP contribution in [0.4, 0.5) is 37.3 Å². The number of hydrogen-bond donors (Lipinski definition) is 5. The Hall–Kier alpha value is -7.94. The number of H-pyrrole nitrogens is 1. The standard InChI is InChI=1S/C19H21N5O.C18H26N2O3.C16H24N2O2.C3H6O3.C2H3ClO.C2H4O2/c1-13(25)23-16-6-2-4-14(10-16)15-5-3-9-24(11-15)19-17-7-8-20-18(17)21-12-22-19;1-13(21)19-16-9-5-7-14(11-16)15-8-6-10-20(12-15)17(22)23-18(2,3)4;1-16(2,3)20-15(19)18-9-5-7-13(11-18)12-6-4-8-14(17)10-12;1-5-3(4)6-2;2*1-2(3)4/h2,4,6-8,10,12,15H,3,5,9,11H2,1H3,(H,23,25)(H,20,21,22);5,7,9,11,15H,6,8,10,12H2,1-4H3,(H,19,21);4,6,8,10,13H,5,7,9,11,17H2,1-3H3;1-2H3;1H3;1H3,(H,3,4). The fraction of sp³-hybridized carbons (Fsp3) is 0.483. The van der Waals surface area contributed by atoms with Crippen molar-refractivity contribution in [2.24, 2.45) is 0 Å². The van der Waals surface area contributed by atoms with Crippen LogP contribution in [-0.2, 0) is 38.1 Å². The van der Waals surface area contributed by atoms with Crippen molar-refractivity contribution in [1.82, 2.24) is 24.8 Å². The number of nitrogens with two attached hydrogens (primary N) is 1. The van der Waals surface area contributed by atoms with Crippen molar-refractivity contribution < 1.29 is 57.6 Å². The zero-order valence-electron chi connectivity index (χ0n) is 49.5. The lowest BCUT2D eigenvalue weighted by molar-refractivity contribution is -0.134. The highest BCUT2D eigenvalue weighted by molar-refractivity contribution is 6.62. The van der Waals surface area contributed by atoms with Crippen LogP contribution in [-0.4, -0.2) is 136 Å². The van der Waals surface area contributed by atoms with E-state index in [-0.39, 0.29) is 35.2 Å². The molecule has 21 nitrogen and oxygen atoms in total. The van der Waals surface area contributed by atoms with E-state index < -0.39 is 23.3 Å². The molecule has 5 aromatic rings. The number of likely N-dealkylation sites (tertiary alicyclic amines) is 2. The molecule has 3 atom stereocenters. The smallest absolute Gasteiger partial charge is 0.481 e. The van der Waals surface area contributed by atoms with E-state index in [9.17, 15) is 28.8 Å². The highest BCUT2D eigenvalue weighted by atomic mass is 35.5. The molecule has 0 saturated carbocycles. The summed E-state index contributed by atoms with van der Waals surface area (Å²) in [6.45, 7) is 21.5. The number of halogens is 1. The van der Waals surface area contributed by atoms with Gasteiger partial charge in [-0.3, -0.25) is 19.2 Å². The molecule has 3 unspecified atom stereocenters. The van der Waals surface area contributed by atoms with E-state index in [2.05, 4.69) is 75.8 Å². The fourth-order valence-corrected chi connectivity index (χ4v) is 9.08. The van der Waals surface area contributed by atoms with Crippen molar-refractivity contribution in [3.8, 4) is 0 Å². The zero-order chi connectivity index (χ0) is 61.2. The van der Waals surface area contributed by atoms with Gasteiger partial charge in [0.05, 0.1) is 19.6 Å². The Morgan fingerprint density at radius 3 is 1.45 bits per heavy atom. The summed E-state index contributed by atoms with van der Waals surface area (Å²) in [6.07, 6.45) is 8.72. The molecule has 448 valence electrons. The summed E-state index contributed by atoms with van der Waals surface area (Å²) in [5, 5.41) is 13.8. The lowest BCUT2D eigenvalue weighted by Crippen LogP contribution is -2.42. The predicted molar refractivity (Wildman–Crippen MR) is 319 cm³/mol. The first-order chi connectivity index (χ1) is 38.6. The van der Waals surface area contributed by atoms with Gasteiger partial charge in [-0.15, -0.1) is 0 Å². The van der Waals surface area contributed by atoms with Crippen LogP contribution in [0, 0.1) is 0 Å². The largest absolute Gasteiger partial charge is 0.507 e. The molecule has 6 N–H and O–H groups in total. The number of anilines is 4. The molecule has 3 saturated heterocycles. The Balaban J connectivity index is 0.000000290. The third-order valence-corrected chi connectivity index (χ3v) is 12.3. The Morgan fingerprint density at radius 2 is 1.05 bits per heavy atom. The number of carboxylic acid groups (broad SMARTS) is 1. The zero-order valence-corrected chi connectivity index (χ0v) is 50.3. The molecule has 3 aliphatic rings. The van der Waals surface area contributed by atoms with E-state index in [4.69, 9.17) is 25.1 Å². The maximum Gasteiger partial charge on any atom is 0.507 e. The second-order valence-corrected chi connectivity index (χ2v) is 22.2. The van der Waals surface area contributed by atoms with E-state index >= 15 is 0 Å². The van der Waals surface area contributed by atoms with Gasteiger partial charge >= 0.3 is 18.3 Å². The first-order valence-corrected chi connectivity index (χ1v) is 27.5. The van der Waals surface area contributed by atoms with Crippen molar-refractivity contribution in [2.45, 2.75) is 137 Å². The summed E-state index contributed by atoms with van der Waals surface area (Å²) in [5.41, 5.74) is 11.8. The molecule has 3 fully saturated rings. The van der Waals surface area contributed by atoms with E-state index in [1.165, 1.54) is 46.1 Å². The molecule has 22 heteroatoms. The van der Waals surface area contributed by atoms with Crippen LogP contribution in [0.25, 0.3) is 11.0 Å². The number of methoxy groups -OCH3 is 2. The van der Waals surface area contributed by atoms with Gasteiger partial charge in [0, 0.05) is 108 Å². The summed E-state index contributed by atoms with van der Waals surface area (Å²) >= 11 is 4.64. The number of carboxylic acids is 1. The van der Waals surface area contributed by atoms with Crippen molar-refractivity contribution >= 4 is 86.9 Å². The minimum Gasteiger partial charge on any atom is -0.481 e. The SMILES string of the molecule is CC(=O)Cl.CC(=O)Nc1cccc(C2CCCN(C(=O)OC(C)(C)C)C2)c1.CC(=O)Nc1cccc(C2CCCN(c3ncnc4[nH]ccc34)C2)c1.CC(=O)O.CC(C)(C)OC(=O)N1CCCC(c2cccc(N)c2)C1.COC(=O)OC. The highest BCUT2D eigenvalue weighted by Crippen LogP contribution is 2.34. The molecule has 2 aromatic heterocycles. The Kier molecular flexibility index (Phi) is 28.1. The Labute approximate surface area is 486 Å². The number of nitrogens with zero attached hydrogens (tertiary/aromatic N) is 5. The number of aromatic amines is 1. The summed E-state index contributed by atoms with van der Waals surface area (Å²) in [5.74, 6) is 1.07. The normalized spacial score (nSPS) is 16.5. The van der Waals surface area contributed by atoms with Gasteiger partial charge in [0.1, 0.15) is 29.0 Å². The van der Waals surface area contributed by atoms with Crippen LogP contribution in [0.2, 0.25) is 0 Å². The minimum absolute atomic E-state index is 0.0433. The molecule has 3 aliphatic heterocycles. The lowest BCUT2D eigenvalue weighted by Gasteiger charge is -2.34.